The van der Waals surface area contributed by atoms with Gasteiger partial charge in [0.05, 0.1) is 0 Å². The van der Waals surface area contributed by atoms with Crippen LogP contribution < -0.4 is 5.73 Å². The van der Waals surface area contributed by atoms with Crippen LogP contribution in [0.4, 0.5) is 8.78 Å². The highest BCUT2D eigenvalue weighted by atomic mass is 35.5. The molecule has 0 aromatic heterocycles. The van der Waals surface area contributed by atoms with Gasteiger partial charge >= 0.3 is 0 Å². The average Bonchev–Trinajstić information content (AvgIpc) is 2.48. The number of rotatable bonds is 3. The first-order valence-corrected chi connectivity index (χ1v) is 3.17. The first-order valence-electron chi connectivity index (χ1n) is 3.17. The van der Waals surface area contributed by atoms with E-state index in [1.165, 1.54) is 0 Å². The topological polar surface area (TPSA) is 26.0 Å². The lowest BCUT2D eigenvalue weighted by Crippen LogP contribution is -2.18. The molecule has 0 saturated heterocycles. The Morgan fingerprint density at radius 1 is 1.40 bits per heavy atom. The lowest BCUT2D eigenvalue weighted by atomic mass is 10.0. The molecule has 0 heterocycles. The summed E-state index contributed by atoms with van der Waals surface area (Å²) in [5.41, 5.74) is 5.13. The Labute approximate surface area is 65.4 Å². The van der Waals surface area contributed by atoms with Crippen LogP contribution in [0.1, 0.15) is 19.3 Å². The molecule has 0 radical (unpaired) electrons. The maximum Gasteiger partial charge on any atom is 0.239 e. The molecule has 1 aliphatic carbocycles. The van der Waals surface area contributed by atoms with Gasteiger partial charge in [0, 0.05) is 6.42 Å². The average molecular weight is 172 g/mol. The number of hydrogen-bond acceptors (Lipinski definition) is 1. The van der Waals surface area contributed by atoms with Crippen LogP contribution in [0.15, 0.2) is 0 Å². The van der Waals surface area contributed by atoms with E-state index < -0.39 is 6.43 Å². The van der Waals surface area contributed by atoms with Gasteiger partial charge in [-0.25, -0.2) is 8.78 Å². The highest BCUT2D eigenvalue weighted by Crippen LogP contribution is 2.48. The Morgan fingerprint density at radius 3 is 2.00 bits per heavy atom. The second-order valence-corrected chi connectivity index (χ2v) is 2.80. The summed E-state index contributed by atoms with van der Waals surface area (Å²) in [5, 5.41) is 0. The van der Waals surface area contributed by atoms with Crippen molar-refractivity contribution in [1.82, 2.24) is 0 Å². The number of halogens is 3. The molecule has 0 bridgehead atoms. The second-order valence-electron chi connectivity index (χ2n) is 2.80. The molecule has 1 nitrogen and oxygen atoms in total. The number of nitrogens with two attached hydrogens (primary N) is 1. The summed E-state index contributed by atoms with van der Waals surface area (Å²) in [6.07, 6.45) is -0.374. The number of alkyl halides is 2. The van der Waals surface area contributed by atoms with Gasteiger partial charge in [-0.3, -0.25) is 0 Å². The molecule has 0 atom stereocenters. The minimum Gasteiger partial charge on any atom is -0.330 e. The lowest BCUT2D eigenvalue weighted by Gasteiger charge is -2.09. The van der Waals surface area contributed by atoms with Gasteiger partial charge < -0.3 is 5.73 Å². The Kier molecular flexibility index (Phi) is 3.52. The molecule has 1 fully saturated rings. The highest BCUT2D eigenvalue weighted by Gasteiger charge is 2.43. The molecule has 10 heavy (non-hydrogen) atoms. The van der Waals surface area contributed by atoms with Crippen LogP contribution >= 0.6 is 12.4 Å². The highest BCUT2D eigenvalue weighted by molar-refractivity contribution is 5.85. The maximum atomic E-state index is 11.7. The normalized spacial score (nSPS) is 20.4. The van der Waals surface area contributed by atoms with Crippen LogP contribution in [0.2, 0.25) is 0 Å². The van der Waals surface area contributed by atoms with Gasteiger partial charge in [0.15, 0.2) is 0 Å². The summed E-state index contributed by atoms with van der Waals surface area (Å²) in [4.78, 5) is 0. The third-order valence-electron chi connectivity index (χ3n) is 1.98. The molecule has 2 N–H and O–H groups in total. The molecule has 1 saturated carbocycles. The quantitative estimate of drug-likeness (QED) is 0.689. The van der Waals surface area contributed by atoms with E-state index in [2.05, 4.69) is 0 Å². The van der Waals surface area contributed by atoms with Crippen LogP contribution in [0.25, 0.3) is 0 Å². The van der Waals surface area contributed by atoms with E-state index >= 15 is 0 Å². The van der Waals surface area contributed by atoms with E-state index in [1.54, 1.807) is 0 Å². The Hall–Kier alpha value is 0.110. The molecule has 62 valence electrons. The molecular weight excluding hydrogens is 160 g/mol. The second kappa shape index (κ2) is 3.49. The van der Waals surface area contributed by atoms with Gasteiger partial charge in [-0.2, -0.15) is 0 Å². The van der Waals surface area contributed by atoms with Gasteiger partial charge in [0.1, 0.15) is 0 Å². The van der Waals surface area contributed by atoms with Crippen LogP contribution in [0, 0.1) is 5.41 Å². The first-order chi connectivity index (χ1) is 4.18. The van der Waals surface area contributed by atoms with Gasteiger partial charge in [-0.05, 0) is 24.8 Å². The number of hydrogen-bond donors (Lipinski definition) is 1. The van der Waals surface area contributed by atoms with Gasteiger partial charge in [-0.15, -0.1) is 12.4 Å². The fraction of sp³-hybridized carbons (Fsp3) is 1.00. The predicted molar refractivity (Wildman–Crippen MR) is 38.6 cm³/mol. The van der Waals surface area contributed by atoms with Crippen molar-refractivity contribution in [3.05, 3.63) is 0 Å². The van der Waals surface area contributed by atoms with Crippen molar-refractivity contribution in [3.8, 4) is 0 Å². The summed E-state index contributed by atoms with van der Waals surface area (Å²) in [6, 6.07) is 0. The van der Waals surface area contributed by atoms with Gasteiger partial charge in [0.25, 0.3) is 0 Å². The van der Waals surface area contributed by atoms with Crippen LogP contribution in [0.3, 0.4) is 0 Å². The van der Waals surface area contributed by atoms with E-state index in [9.17, 15) is 8.78 Å². The van der Waals surface area contributed by atoms with Crippen LogP contribution in [-0.4, -0.2) is 13.0 Å². The van der Waals surface area contributed by atoms with Crippen LogP contribution in [0.5, 0.6) is 0 Å². The Morgan fingerprint density at radius 2 is 1.90 bits per heavy atom. The van der Waals surface area contributed by atoms with E-state index in [-0.39, 0.29) is 24.2 Å². The van der Waals surface area contributed by atoms with Gasteiger partial charge in [-0.1, -0.05) is 0 Å². The van der Waals surface area contributed by atoms with Crippen molar-refractivity contribution in [2.75, 3.05) is 6.54 Å². The molecule has 0 aromatic carbocycles. The fourth-order valence-electron chi connectivity index (χ4n) is 0.996. The largest absolute Gasteiger partial charge is 0.330 e. The maximum absolute atomic E-state index is 11.7. The van der Waals surface area contributed by atoms with Crippen molar-refractivity contribution in [2.24, 2.45) is 11.1 Å². The minimum absolute atomic E-state index is 0. The first kappa shape index (κ1) is 10.1. The Bertz CT molecular complexity index is 104. The monoisotopic (exact) mass is 171 g/mol. The van der Waals surface area contributed by atoms with Crippen molar-refractivity contribution >= 4 is 12.4 Å². The molecule has 0 unspecified atom stereocenters. The lowest BCUT2D eigenvalue weighted by molar-refractivity contribution is 0.110. The summed E-state index contributed by atoms with van der Waals surface area (Å²) in [6.45, 7) is 0.428. The van der Waals surface area contributed by atoms with E-state index in [0.717, 1.165) is 12.8 Å². The molecule has 0 amide bonds. The smallest absolute Gasteiger partial charge is 0.239 e. The third kappa shape index (κ3) is 2.39. The zero-order valence-corrected chi connectivity index (χ0v) is 6.46. The minimum atomic E-state index is -2.17. The Balaban J connectivity index is 0.000000810. The zero-order valence-electron chi connectivity index (χ0n) is 5.65. The van der Waals surface area contributed by atoms with Crippen LogP contribution in [-0.2, 0) is 0 Å². The molecule has 0 spiro atoms. The van der Waals surface area contributed by atoms with Gasteiger partial charge in [0.2, 0.25) is 6.43 Å². The molecule has 0 aliphatic heterocycles. The van der Waals surface area contributed by atoms with E-state index in [1.807, 2.05) is 0 Å². The molecular formula is C6H12ClF2N. The van der Waals surface area contributed by atoms with Crippen molar-refractivity contribution in [3.63, 3.8) is 0 Å². The zero-order chi connectivity index (χ0) is 6.91. The van der Waals surface area contributed by atoms with Crippen molar-refractivity contribution in [1.29, 1.82) is 0 Å². The summed E-state index contributed by atoms with van der Waals surface area (Å²) in [5.74, 6) is 0. The van der Waals surface area contributed by atoms with E-state index in [4.69, 9.17) is 5.73 Å². The molecule has 4 heteroatoms. The molecule has 0 aromatic rings. The SMILES string of the molecule is Cl.NCC1(CC(F)F)CC1. The molecule has 1 rings (SSSR count). The summed E-state index contributed by atoms with van der Waals surface area (Å²) < 4.78 is 23.4. The third-order valence-corrected chi connectivity index (χ3v) is 1.98. The summed E-state index contributed by atoms with van der Waals surface area (Å²) >= 11 is 0. The summed E-state index contributed by atoms with van der Waals surface area (Å²) in [7, 11) is 0. The fourth-order valence-corrected chi connectivity index (χ4v) is 0.996. The van der Waals surface area contributed by atoms with Crippen molar-refractivity contribution in [2.45, 2.75) is 25.7 Å². The van der Waals surface area contributed by atoms with Crippen molar-refractivity contribution < 1.29 is 8.78 Å². The van der Waals surface area contributed by atoms with E-state index in [0.29, 0.717) is 6.54 Å². The standard InChI is InChI=1S/C6H11F2N.ClH/c7-5(8)3-6(4-9)1-2-6;/h5H,1-4,9H2;1H. The predicted octanol–water partition coefficient (Wildman–Crippen LogP) is 1.80. The molecule has 1 aliphatic rings.